The van der Waals surface area contributed by atoms with Crippen LogP contribution in [0.15, 0.2) is 289 Å². The Kier molecular flexibility index (Phi) is 25.6. The molecule has 4 N–H and O–H groups in total. The Morgan fingerprint density at radius 2 is 0.552 bits per heavy atom. The summed E-state index contributed by atoms with van der Waals surface area (Å²) in [6.45, 7) is 4.25. The topological polar surface area (TPSA) is 221 Å². The number of carbonyl (C=O) groups excluding carboxylic acids is 4. The van der Waals surface area contributed by atoms with E-state index in [9.17, 15) is 28.8 Å². The first-order chi connectivity index (χ1) is 46.9. The van der Waals surface area contributed by atoms with Gasteiger partial charge in [-0.1, -0.05) is 206 Å². The summed E-state index contributed by atoms with van der Waals surface area (Å²) < 4.78 is 32.3. The number of ketones is 2. The second-order valence-electron chi connectivity index (χ2n) is 21.5. The number of rotatable bonds is 24. The third kappa shape index (κ3) is 21.9. The van der Waals surface area contributed by atoms with Crippen LogP contribution in [0.25, 0.3) is 66.8 Å². The van der Waals surface area contributed by atoms with E-state index in [2.05, 4.69) is 68.9 Å². The minimum Gasteiger partial charge on any atom is -0.487 e. The number of Topliss-reactive ketones (excluding diaryl/α,β-unsaturated/α-hetero) is 2. The van der Waals surface area contributed by atoms with Gasteiger partial charge in [-0.25, -0.2) is 0 Å². The molecule has 0 amide bonds. The first-order valence-electron chi connectivity index (χ1n) is 31.1. The number of ether oxygens (including phenoxy) is 6. The molecule has 2 aromatic heterocycles. The summed E-state index contributed by atoms with van der Waals surface area (Å²) in [6, 6.07) is 90.9. The monoisotopic (exact) mass is 1280 g/mol. The summed E-state index contributed by atoms with van der Waals surface area (Å²) in [5.41, 5.74) is 14.0. The molecule has 96 heavy (non-hydrogen) atoms. The molecule has 0 fully saturated rings. The molecule has 0 aliphatic carbocycles. The lowest BCUT2D eigenvalue weighted by Gasteiger charge is -2.12. The van der Waals surface area contributed by atoms with Gasteiger partial charge in [0.25, 0.3) is 11.1 Å². The quantitative estimate of drug-likeness (QED) is 0.0328. The maximum Gasteiger partial charge on any atom is 0.313 e. The molecule has 2 heterocycles. The van der Waals surface area contributed by atoms with Crippen molar-refractivity contribution in [2.45, 2.75) is 39.9 Å². The largest absolute Gasteiger partial charge is 0.487 e. The second-order valence-corrected chi connectivity index (χ2v) is 21.5. The summed E-state index contributed by atoms with van der Waals surface area (Å²) in [4.78, 5) is 68.5. The fraction of sp³-hybridized carbons (Fsp3) is 0.125. The van der Waals surface area contributed by atoms with Crippen molar-refractivity contribution in [1.82, 2.24) is 20.4 Å². The Morgan fingerprint density at radius 1 is 0.281 bits per heavy atom. The zero-order valence-corrected chi connectivity index (χ0v) is 53.1. The van der Waals surface area contributed by atoms with Crippen LogP contribution in [0.1, 0.15) is 38.1 Å². The molecule has 12 aromatic rings. The SMILES string of the molecule is CCOC(=O)CC(=O)COc1cc(-c2ccccc2)cc(-c2ccccc2)c1.CCOC(=O)CC(=O)COc1cccc(-c2ccccc2)c1.O=c1cc(COc2cc(-c3ccccc3)cc(-c3ccccc3)c2)[nH][nH]1.O=c1cc(COc2cccc(-c3ccccc3)c2)[nH][nH]1. The third-order valence-corrected chi connectivity index (χ3v) is 14.3. The predicted octanol–water partition coefficient (Wildman–Crippen LogP) is 15.7. The molecule has 16 heteroatoms. The van der Waals surface area contributed by atoms with Crippen LogP contribution in [0.4, 0.5) is 0 Å². The van der Waals surface area contributed by atoms with Crippen molar-refractivity contribution in [2.75, 3.05) is 26.4 Å². The van der Waals surface area contributed by atoms with Gasteiger partial charge < -0.3 is 28.4 Å². The van der Waals surface area contributed by atoms with Crippen molar-refractivity contribution in [2.24, 2.45) is 0 Å². The molecule has 484 valence electrons. The highest BCUT2D eigenvalue weighted by Gasteiger charge is 2.15. The van der Waals surface area contributed by atoms with Crippen molar-refractivity contribution in [1.29, 1.82) is 0 Å². The predicted molar refractivity (Wildman–Crippen MR) is 373 cm³/mol. The summed E-state index contributed by atoms with van der Waals surface area (Å²) in [5.74, 6) is 1.04. The number of esters is 2. The number of hydrogen-bond acceptors (Lipinski definition) is 12. The molecule has 0 unspecified atom stereocenters. The fourth-order valence-electron chi connectivity index (χ4n) is 9.74. The molecule has 0 saturated carbocycles. The van der Waals surface area contributed by atoms with Gasteiger partial charge in [-0.2, -0.15) is 0 Å². The fourth-order valence-corrected chi connectivity index (χ4v) is 9.74. The molecule has 0 bridgehead atoms. The molecule has 16 nitrogen and oxygen atoms in total. The molecule has 0 radical (unpaired) electrons. The molecule has 0 aliphatic heterocycles. The third-order valence-electron chi connectivity index (χ3n) is 14.3. The molecule has 12 rings (SSSR count). The number of benzene rings is 10. The molecule has 0 saturated heterocycles. The molecule has 0 atom stereocenters. The number of aromatic amines is 4. The van der Waals surface area contributed by atoms with Gasteiger partial charge in [0.15, 0.2) is 11.6 Å². The Bertz CT molecular complexity index is 4400. The van der Waals surface area contributed by atoms with Crippen LogP contribution < -0.4 is 30.1 Å². The molecule has 0 spiro atoms. The first kappa shape index (κ1) is 68.1. The number of aromatic nitrogens is 4. The Morgan fingerprint density at radius 3 is 0.865 bits per heavy atom. The summed E-state index contributed by atoms with van der Waals surface area (Å²) in [6.07, 6.45) is -0.538. The highest BCUT2D eigenvalue weighted by molar-refractivity contribution is 5.97. The Hall–Kier alpha value is -12.3. The maximum atomic E-state index is 12.0. The van der Waals surface area contributed by atoms with Gasteiger partial charge in [-0.15, -0.1) is 0 Å². The zero-order valence-electron chi connectivity index (χ0n) is 53.1. The summed E-state index contributed by atoms with van der Waals surface area (Å²) in [5, 5.41) is 10.6. The van der Waals surface area contributed by atoms with E-state index in [0.29, 0.717) is 30.4 Å². The van der Waals surface area contributed by atoms with E-state index in [-0.39, 0.29) is 62.0 Å². The average Bonchev–Trinajstić information content (AvgIpc) is 1.07. The molecule has 0 aliphatic rings. The molecule has 10 aromatic carbocycles. The van der Waals surface area contributed by atoms with Gasteiger partial charge in [0.1, 0.15) is 62.3 Å². The van der Waals surface area contributed by atoms with Crippen LogP contribution in [0.2, 0.25) is 0 Å². The maximum absolute atomic E-state index is 12.0. The minimum atomic E-state index is -0.529. The number of carbonyl (C=O) groups is 4. The van der Waals surface area contributed by atoms with Crippen LogP contribution in [0, 0.1) is 0 Å². The lowest BCUT2D eigenvalue weighted by molar-refractivity contribution is -0.147. The standard InChI is InChI=1S/C24H22O4.C22H18N2O2.C18H18O4.C16H14N2O2/c1-2-27-24(26)16-22(25)17-28-23-14-20(18-9-5-3-6-10-18)13-21(15-23)19-11-7-4-8-12-19;25-22-14-20(23-24-22)15-26-21-12-18(16-7-3-1-4-8-16)11-19(13-21)17-9-5-2-6-10-17;1-2-21-18(20)12-16(19)13-22-17-10-6-9-15(11-17)14-7-4-3-5-8-14;19-16-10-14(17-18-16)11-20-15-8-4-7-13(9-15)12-5-2-1-3-6-12/h3-15H,2,16-17H2,1H3;1-14H,15H2,(H2,23,24,25);3-11H,2,12-13H2,1H3;1-10H,11H2,(H2,17,18,19). The van der Waals surface area contributed by atoms with Crippen LogP contribution >= 0.6 is 0 Å². The van der Waals surface area contributed by atoms with Gasteiger partial charge in [-0.05, 0) is 141 Å². The number of hydrogen-bond donors (Lipinski definition) is 4. The van der Waals surface area contributed by atoms with Crippen LogP contribution in [0.3, 0.4) is 0 Å². The van der Waals surface area contributed by atoms with E-state index in [4.69, 9.17) is 28.4 Å². The van der Waals surface area contributed by atoms with E-state index < -0.39 is 11.9 Å². The molecular weight excluding hydrogens is 1210 g/mol. The molecular formula is C80H72N4O12. The lowest BCUT2D eigenvalue weighted by Crippen LogP contribution is -2.17. The van der Waals surface area contributed by atoms with E-state index in [1.165, 1.54) is 12.1 Å². The minimum absolute atomic E-state index is 0.142. The number of nitrogens with one attached hydrogen (secondary N) is 4. The van der Waals surface area contributed by atoms with E-state index in [1.54, 1.807) is 19.9 Å². The van der Waals surface area contributed by atoms with Gasteiger partial charge >= 0.3 is 11.9 Å². The van der Waals surface area contributed by atoms with E-state index in [1.807, 2.05) is 212 Å². The lowest BCUT2D eigenvalue weighted by atomic mass is 9.98. The van der Waals surface area contributed by atoms with E-state index in [0.717, 1.165) is 84.0 Å². The number of H-pyrrole nitrogens is 4. The smallest absolute Gasteiger partial charge is 0.313 e. The van der Waals surface area contributed by atoms with Crippen molar-refractivity contribution < 1.29 is 47.6 Å². The van der Waals surface area contributed by atoms with Crippen LogP contribution in [0.5, 0.6) is 23.0 Å². The summed E-state index contributed by atoms with van der Waals surface area (Å²) in [7, 11) is 0. The van der Waals surface area contributed by atoms with E-state index >= 15 is 0 Å². The van der Waals surface area contributed by atoms with Crippen molar-refractivity contribution in [3.05, 3.63) is 311 Å². The normalized spacial score (nSPS) is 10.4. The van der Waals surface area contributed by atoms with Gasteiger partial charge in [0.2, 0.25) is 0 Å². The van der Waals surface area contributed by atoms with Crippen LogP contribution in [-0.2, 0) is 41.9 Å². The van der Waals surface area contributed by atoms with Gasteiger partial charge in [0.05, 0.1) is 24.6 Å². The Balaban J connectivity index is 0.000000151. The van der Waals surface area contributed by atoms with Crippen molar-refractivity contribution in [3.8, 4) is 89.8 Å². The Labute approximate surface area is 556 Å². The van der Waals surface area contributed by atoms with Crippen molar-refractivity contribution >= 4 is 23.5 Å². The zero-order chi connectivity index (χ0) is 67.1. The average molecular weight is 1280 g/mol. The second kappa shape index (κ2) is 36.1. The highest BCUT2D eigenvalue weighted by Crippen LogP contribution is 2.34. The summed E-state index contributed by atoms with van der Waals surface area (Å²) >= 11 is 0. The highest BCUT2D eigenvalue weighted by atomic mass is 16.5. The van der Waals surface area contributed by atoms with Crippen LogP contribution in [-0.4, -0.2) is 70.3 Å². The first-order valence-corrected chi connectivity index (χ1v) is 31.1. The van der Waals surface area contributed by atoms with Gasteiger partial charge in [-0.3, -0.25) is 49.2 Å². The van der Waals surface area contributed by atoms with Crippen molar-refractivity contribution in [3.63, 3.8) is 0 Å². The van der Waals surface area contributed by atoms with Gasteiger partial charge in [0, 0.05) is 12.1 Å².